The summed E-state index contributed by atoms with van der Waals surface area (Å²) in [6.07, 6.45) is 0. The second kappa shape index (κ2) is 6.09. The Labute approximate surface area is 102 Å². The summed E-state index contributed by atoms with van der Waals surface area (Å²) in [7, 11) is 1.36. The van der Waals surface area contributed by atoms with Crippen molar-refractivity contribution in [1.29, 1.82) is 0 Å². The predicted molar refractivity (Wildman–Crippen MR) is 62.1 cm³/mol. The van der Waals surface area contributed by atoms with Gasteiger partial charge < -0.3 is 9.47 Å². The van der Waals surface area contributed by atoms with Gasteiger partial charge in [-0.3, -0.25) is 14.9 Å². The topological polar surface area (TPSA) is 78.7 Å². The molecular formula is C10H11NO5S. The first-order valence-corrected chi connectivity index (χ1v) is 5.61. The van der Waals surface area contributed by atoms with E-state index in [4.69, 9.17) is 9.47 Å². The van der Waals surface area contributed by atoms with Crippen LogP contribution in [0.1, 0.15) is 6.92 Å². The van der Waals surface area contributed by atoms with Gasteiger partial charge in [-0.15, -0.1) is 0 Å². The fourth-order valence-corrected chi connectivity index (χ4v) is 1.79. The molecule has 0 spiro atoms. The molecule has 92 valence electrons. The second-order valence-electron chi connectivity index (χ2n) is 2.99. The van der Waals surface area contributed by atoms with Gasteiger partial charge in [-0.25, -0.2) is 0 Å². The van der Waals surface area contributed by atoms with Crippen LogP contribution < -0.4 is 4.74 Å². The number of nitrogens with zero attached hydrogens (tertiary/aromatic N) is 1. The van der Waals surface area contributed by atoms with Crippen molar-refractivity contribution < 1.29 is 19.2 Å². The van der Waals surface area contributed by atoms with Gasteiger partial charge in [-0.05, 0) is 6.07 Å². The molecule has 0 bridgehead atoms. The van der Waals surface area contributed by atoms with Crippen LogP contribution in [0.5, 0.6) is 5.75 Å². The third kappa shape index (κ3) is 3.95. The van der Waals surface area contributed by atoms with Crippen molar-refractivity contribution in [3.8, 4) is 5.75 Å². The lowest BCUT2D eigenvalue weighted by Gasteiger charge is -2.05. The van der Waals surface area contributed by atoms with Gasteiger partial charge in [0.25, 0.3) is 0 Å². The quantitative estimate of drug-likeness (QED) is 0.264. The van der Waals surface area contributed by atoms with Crippen molar-refractivity contribution in [2.45, 2.75) is 11.8 Å². The zero-order valence-corrected chi connectivity index (χ0v) is 10.2. The molecule has 0 radical (unpaired) electrons. The fraction of sp³-hybridized carbons (Fsp3) is 0.300. The van der Waals surface area contributed by atoms with Gasteiger partial charge in [-0.2, -0.15) is 0 Å². The highest BCUT2D eigenvalue weighted by Crippen LogP contribution is 2.31. The van der Waals surface area contributed by atoms with Crippen LogP contribution >= 0.6 is 11.8 Å². The summed E-state index contributed by atoms with van der Waals surface area (Å²) in [6.45, 7) is 1.32. The molecule has 1 aromatic rings. The summed E-state index contributed by atoms with van der Waals surface area (Å²) >= 11 is 1.25. The maximum absolute atomic E-state index is 10.6. The number of methoxy groups -OCH3 is 1. The van der Waals surface area contributed by atoms with Gasteiger partial charge in [0.1, 0.15) is 5.94 Å². The minimum Gasteiger partial charge on any atom is -0.490 e. The monoisotopic (exact) mass is 257 g/mol. The standard InChI is InChI=1S/C10H11NO5S/c1-7(12)16-6-17-8-3-4-9(11(13)14)10(5-8)15-2/h3-5H,6H2,1-2H3. The van der Waals surface area contributed by atoms with E-state index in [1.165, 1.54) is 37.9 Å². The molecule has 0 aliphatic rings. The first-order chi connectivity index (χ1) is 8.04. The highest BCUT2D eigenvalue weighted by molar-refractivity contribution is 7.99. The largest absolute Gasteiger partial charge is 0.490 e. The maximum atomic E-state index is 10.6. The molecule has 0 aliphatic heterocycles. The molecule has 1 aromatic carbocycles. The van der Waals surface area contributed by atoms with Crippen molar-refractivity contribution in [3.63, 3.8) is 0 Å². The lowest BCUT2D eigenvalue weighted by molar-refractivity contribution is -0.385. The molecule has 0 heterocycles. The Morgan fingerprint density at radius 1 is 1.53 bits per heavy atom. The van der Waals surface area contributed by atoms with Gasteiger partial charge >= 0.3 is 11.7 Å². The van der Waals surface area contributed by atoms with Crippen LogP contribution in [0, 0.1) is 10.1 Å². The van der Waals surface area contributed by atoms with E-state index < -0.39 is 4.92 Å². The molecule has 7 heteroatoms. The summed E-state index contributed by atoms with van der Waals surface area (Å²) in [4.78, 5) is 21.4. The van der Waals surface area contributed by atoms with Crippen LogP contribution in [0.15, 0.2) is 23.1 Å². The van der Waals surface area contributed by atoms with Gasteiger partial charge in [0, 0.05) is 24.0 Å². The molecule has 0 amide bonds. The first-order valence-electron chi connectivity index (χ1n) is 4.63. The maximum Gasteiger partial charge on any atom is 0.310 e. The third-order valence-corrected chi connectivity index (χ3v) is 2.66. The molecule has 17 heavy (non-hydrogen) atoms. The number of thioether (sulfide) groups is 1. The van der Waals surface area contributed by atoms with E-state index in [9.17, 15) is 14.9 Å². The smallest absolute Gasteiger partial charge is 0.310 e. The average Bonchev–Trinajstić information content (AvgIpc) is 2.28. The van der Waals surface area contributed by atoms with E-state index in [-0.39, 0.29) is 23.3 Å². The van der Waals surface area contributed by atoms with E-state index in [0.29, 0.717) is 0 Å². The third-order valence-electron chi connectivity index (χ3n) is 1.84. The summed E-state index contributed by atoms with van der Waals surface area (Å²) in [6, 6.07) is 4.47. The number of hydrogen-bond donors (Lipinski definition) is 0. The van der Waals surface area contributed by atoms with E-state index in [1.807, 2.05) is 0 Å². The molecule has 1 rings (SSSR count). The second-order valence-corrected chi connectivity index (χ2v) is 3.98. The molecule has 0 N–H and O–H groups in total. The molecule has 6 nitrogen and oxygen atoms in total. The van der Waals surface area contributed by atoms with Gasteiger partial charge in [0.2, 0.25) is 0 Å². The minimum absolute atomic E-state index is 0.0932. The Morgan fingerprint density at radius 2 is 2.24 bits per heavy atom. The number of carbonyl (C=O) groups excluding carboxylic acids is 1. The Morgan fingerprint density at radius 3 is 2.76 bits per heavy atom. The number of rotatable bonds is 5. The van der Waals surface area contributed by atoms with E-state index >= 15 is 0 Å². The van der Waals surface area contributed by atoms with Crippen LogP contribution in [0.4, 0.5) is 5.69 Å². The SMILES string of the molecule is COc1cc(SCOC(C)=O)ccc1[N+](=O)[O-]. The van der Waals surface area contributed by atoms with Crippen LogP contribution in [0.2, 0.25) is 0 Å². The number of nitro groups is 1. The normalized spacial score (nSPS) is 9.76. The number of hydrogen-bond acceptors (Lipinski definition) is 6. The predicted octanol–water partition coefficient (Wildman–Crippen LogP) is 2.22. The molecule has 0 aromatic heterocycles. The van der Waals surface area contributed by atoms with Crippen LogP contribution in [0.25, 0.3) is 0 Å². The molecule has 0 saturated heterocycles. The van der Waals surface area contributed by atoms with Crippen molar-refractivity contribution in [1.82, 2.24) is 0 Å². The molecule has 0 aliphatic carbocycles. The zero-order valence-electron chi connectivity index (χ0n) is 9.34. The summed E-state index contributed by atoms with van der Waals surface area (Å²) in [5.41, 5.74) is -0.0932. The number of nitro benzene ring substituents is 1. The molecule has 0 atom stereocenters. The lowest BCUT2D eigenvalue weighted by atomic mass is 10.3. The van der Waals surface area contributed by atoms with Crippen molar-refractivity contribution in [3.05, 3.63) is 28.3 Å². The zero-order chi connectivity index (χ0) is 12.8. The van der Waals surface area contributed by atoms with Gasteiger partial charge in [0.05, 0.1) is 12.0 Å². The van der Waals surface area contributed by atoms with Crippen LogP contribution in [-0.2, 0) is 9.53 Å². The van der Waals surface area contributed by atoms with E-state index in [0.717, 1.165) is 4.90 Å². The summed E-state index contributed by atoms with van der Waals surface area (Å²) in [5, 5.41) is 10.6. The number of carbonyl (C=O) groups is 1. The average molecular weight is 257 g/mol. The number of ether oxygens (including phenoxy) is 2. The summed E-state index contributed by atoms with van der Waals surface area (Å²) in [5.74, 6) is -0.0229. The Balaban J connectivity index is 2.75. The van der Waals surface area contributed by atoms with Crippen molar-refractivity contribution in [2.24, 2.45) is 0 Å². The van der Waals surface area contributed by atoms with Crippen molar-refractivity contribution >= 4 is 23.4 Å². The molecule has 0 unspecified atom stereocenters. The number of benzene rings is 1. The van der Waals surface area contributed by atoms with Gasteiger partial charge in [0.15, 0.2) is 5.75 Å². The Kier molecular flexibility index (Phi) is 4.77. The van der Waals surface area contributed by atoms with E-state index in [1.54, 1.807) is 6.07 Å². The number of esters is 1. The minimum atomic E-state index is -0.515. The summed E-state index contributed by atoms with van der Waals surface area (Å²) < 4.78 is 9.66. The van der Waals surface area contributed by atoms with Crippen LogP contribution in [0.3, 0.4) is 0 Å². The highest BCUT2D eigenvalue weighted by Gasteiger charge is 2.14. The Hall–Kier alpha value is -1.76. The van der Waals surface area contributed by atoms with Crippen LogP contribution in [-0.4, -0.2) is 23.9 Å². The molecular weight excluding hydrogens is 246 g/mol. The van der Waals surface area contributed by atoms with Crippen molar-refractivity contribution in [2.75, 3.05) is 13.0 Å². The van der Waals surface area contributed by atoms with Gasteiger partial charge in [-0.1, -0.05) is 11.8 Å². The molecule has 0 saturated carbocycles. The highest BCUT2D eigenvalue weighted by atomic mass is 32.2. The molecule has 0 fully saturated rings. The first kappa shape index (κ1) is 13.3. The fourth-order valence-electron chi connectivity index (χ4n) is 1.08. The van der Waals surface area contributed by atoms with E-state index in [2.05, 4.69) is 0 Å². The Bertz CT molecular complexity index is 435. The lowest BCUT2D eigenvalue weighted by Crippen LogP contribution is -1.97.